The van der Waals surface area contributed by atoms with Gasteiger partial charge in [0, 0.05) is 37.1 Å². The first-order valence-corrected chi connectivity index (χ1v) is 10.5. The molecule has 1 aliphatic carbocycles. The van der Waals surface area contributed by atoms with E-state index in [9.17, 15) is 9.90 Å². The SMILES string of the molecule is O=c1ccc(-c2ccncc2)nn1CC1CCN(CC2(O)CCCCC2)CC1. The van der Waals surface area contributed by atoms with Crippen molar-refractivity contribution < 1.29 is 5.11 Å². The van der Waals surface area contributed by atoms with Gasteiger partial charge in [-0.1, -0.05) is 19.3 Å². The maximum Gasteiger partial charge on any atom is 0.266 e. The van der Waals surface area contributed by atoms with Crippen LogP contribution in [0.4, 0.5) is 0 Å². The van der Waals surface area contributed by atoms with Crippen LogP contribution in [0.25, 0.3) is 11.3 Å². The highest BCUT2D eigenvalue weighted by Gasteiger charge is 2.32. The zero-order valence-corrected chi connectivity index (χ0v) is 16.5. The van der Waals surface area contributed by atoms with Gasteiger partial charge in [-0.3, -0.25) is 9.78 Å². The normalized spacial score (nSPS) is 20.9. The van der Waals surface area contributed by atoms with Crippen LogP contribution >= 0.6 is 0 Å². The van der Waals surface area contributed by atoms with Crippen molar-refractivity contribution in [3.05, 3.63) is 47.0 Å². The molecule has 2 fully saturated rings. The zero-order valence-electron chi connectivity index (χ0n) is 16.5. The lowest BCUT2D eigenvalue weighted by atomic mass is 9.84. The second kappa shape index (κ2) is 8.53. The minimum Gasteiger partial charge on any atom is -0.389 e. The molecular formula is C22H30N4O2. The molecule has 6 heteroatoms. The standard InChI is InChI=1S/C22H30N4O2/c27-21-5-4-20(19-6-12-23-13-7-19)24-26(21)16-18-8-14-25(15-9-18)17-22(28)10-2-1-3-11-22/h4-7,12-13,18,28H,1-3,8-11,14-17H2. The van der Waals surface area contributed by atoms with E-state index in [4.69, 9.17) is 0 Å². The van der Waals surface area contributed by atoms with E-state index in [1.54, 1.807) is 29.2 Å². The molecule has 2 aromatic heterocycles. The molecule has 3 heterocycles. The topological polar surface area (TPSA) is 71.2 Å². The largest absolute Gasteiger partial charge is 0.389 e. The summed E-state index contributed by atoms with van der Waals surface area (Å²) in [6.45, 7) is 3.45. The average molecular weight is 383 g/mol. The number of rotatable bonds is 5. The number of likely N-dealkylation sites (tertiary alicyclic amines) is 1. The maximum absolute atomic E-state index is 12.3. The molecule has 1 N–H and O–H groups in total. The van der Waals surface area contributed by atoms with Gasteiger partial charge in [-0.25, -0.2) is 4.68 Å². The summed E-state index contributed by atoms with van der Waals surface area (Å²) in [5.41, 5.74) is 1.25. The number of aromatic nitrogens is 3. The van der Waals surface area contributed by atoms with Crippen molar-refractivity contribution in [2.24, 2.45) is 5.92 Å². The lowest BCUT2D eigenvalue weighted by molar-refractivity contribution is -0.0332. The first-order chi connectivity index (χ1) is 13.6. The molecule has 0 spiro atoms. The van der Waals surface area contributed by atoms with Gasteiger partial charge in [0.1, 0.15) is 0 Å². The predicted octanol–water partition coefficient (Wildman–Crippen LogP) is 2.71. The molecule has 2 aromatic rings. The van der Waals surface area contributed by atoms with Gasteiger partial charge >= 0.3 is 0 Å². The van der Waals surface area contributed by atoms with Crippen LogP contribution in [-0.2, 0) is 6.54 Å². The molecular weight excluding hydrogens is 352 g/mol. The summed E-state index contributed by atoms with van der Waals surface area (Å²) in [6.07, 6.45) is 11.0. The maximum atomic E-state index is 12.3. The van der Waals surface area contributed by atoms with Crippen LogP contribution in [0, 0.1) is 5.92 Å². The molecule has 6 nitrogen and oxygen atoms in total. The summed E-state index contributed by atoms with van der Waals surface area (Å²) in [7, 11) is 0. The van der Waals surface area contributed by atoms with Crippen LogP contribution in [0.15, 0.2) is 41.5 Å². The first kappa shape index (κ1) is 19.3. The predicted molar refractivity (Wildman–Crippen MR) is 109 cm³/mol. The minimum atomic E-state index is -0.484. The summed E-state index contributed by atoms with van der Waals surface area (Å²) in [6, 6.07) is 7.20. The van der Waals surface area contributed by atoms with Crippen LogP contribution in [0.1, 0.15) is 44.9 Å². The molecule has 0 bridgehead atoms. The Bertz CT molecular complexity index is 822. The van der Waals surface area contributed by atoms with Gasteiger partial charge in [0.25, 0.3) is 5.56 Å². The molecule has 150 valence electrons. The van der Waals surface area contributed by atoms with E-state index in [0.717, 1.165) is 69.4 Å². The van der Waals surface area contributed by atoms with Crippen LogP contribution in [0.5, 0.6) is 0 Å². The Kier molecular flexibility index (Phi) is 5.87. The fourth-order valence-electron chi connectivity index (χ4n) is 4.61. The third-order valence-corrected chi connectivity index (χ3v) is 6.28. The second-order valence-electron chi connectivity index (χ2n) is 8.48. The number of pyridine rings is 1. The Morgan fingerprint density at radius 1 is 1.04 bits per heavy atom. The first-order valence-electron chi connectivity index (χ1n) is 10.5. The van der Waals surface area contributed by atoms with Gasteiger partial charge < -0.3 is 10.0 Å². The third-order valence-electron chi connectivity index (χ3n) is 6.28. The third kappa shape index (κ3) is 4.67. The van der Waals surface area contributed by atoms with Crippen molar-refractivity contribution in [1.29, 1.82) is 0 Å². The number of hydrogen-bond donors (Lipinski definition) is 1. The van der Waals surface area contributed by atoms with E-state index in [1.807, 2.05) is 12.1 Å². The Morgan fingerprint density at radius 2 is 1.75 bits per heavy atom. The van der Waals surface area contributed by atoms with E-state index in [0.29, 0.717) is 12.5 Å². The molecule has 1 saturated heterocycles. The van der Waals surface area contributed by atoms with Crippen molar-refractivity contribution in [3.63, 3.8) is 0 Å². The van der Waals surface area contributed by atoms with Crippen LogP contribution in [0.3, 0.4) is 0 Å². The fraction of sp³-hybridized carbons (Fsp3) is 0.591. The molecule has 4 rings (SSSR count). The van der Waals surface area contributed by atoms with Crippen molar-refractivity contribution in [1.82, 2.24) is 19.7 Å². The number of hydrogen-bond acceptors (Lipinski definition) is 5. The van der Waals surface area contributed by atoms with Gasteiger partial charge in [-0.15, -0.1) is 0 Å². The summed E-state index contributed by atoms with van der Waals surface area (Å²) in [5, 5.41) is 15.4. The molecule has 0 aromatic carbocycles. The number of piperidine rings is 1. The average Bonchev–Trinajstić information content (AvgIpc) is 2.72. The van der Waals surface area contributed by atoms with Crippen LogP contribution in [0.2, 0.25) is 0 Å². The highest BCUT2D eigenvalue weighted by Crippen LogP contribution is 2.30. The fourth-order valence-corrected chi connectivity index (χ4v) is 4.61. The molecule has 0 radical (unpaired) electrons. The van der Waals surface area contributed by atoms with Gasteiger partial charge in [-0.2, -0.15) is 5.10 Å². The molecule has 0 unspecified atom stereocenters. The minimum absolute atomic E-state index is 0.0447. The quantitative estimate of drug-likeness (QED) is 0.861. The summed E-state index contributed by atoms with van der Waals surface area (Å²) >= 11 is 0. The Hall–Kier alpha value is -2.05. The number of nitrogens with zero attached hydrogens (tertiary/aromatic N) is 4. The monoisotopic (exact) mass is 382 g/mol. The number of aliphatic hydroxyl groups is 1. The lowest BCUT2D eigenvalue weighted by Gasteiger charge is -2.40. The molecule has 28 heavy (non-hydrogen) atoms. The Balaban J connectivity index is 1.35. The zero-order chi connectivity index (χ0) is 19.4. The van der Waals surface area contributed by atoms with Gasteiger partial charge in [0.2, 0.25) is 0 Å². The number of β-amino-alcohol motifs (C(OH)–C–C–N with tert-alkyl or cyclic N) is 1. The van der Waals surface area contributed by atoms with Crippen molar-refractivity contribution in [2.45, 2.75) is 57.1 Å². The van der Waals surface area contributed by atoms with E-state index < -0.39 is 5.60 Å². The molecule has 1 saturated carbocycles. The highest BCUT2D eigenvalue weighted by molar-refractivity contribution is 5.56. The summed E-state index contributed by atoms with van der Waals surface area (Å²) in [5.74, 6) is 0.454. The Labute approximate surface area is 166 Å². The van der Waals surface area contributed by atoms with Gasteiger partial charge in [0.15, 0.2) is 0 Å². The highest BCUT2D eigenvalue weighted by atomic mass is 16.3. The van der Waals surface area contributed by atoms with Crippen molar-refractivity contribution in [3.8, 4) is 11.3 Å². The van der Waals surface area contributed by atoms with Crippen molar-refractivity contribution >= 4 is 0 Å². The van der Waals surface area contributed by atoms with E-state index in [1.165, 1.54) is 6.42 Å². The summed E-state index contributed by atoms with van der Waals surface area (Å²) in [4.78, 5) is 18.7. The molecule has 0 atom stereocenters. The van der Waals surface area contributed by atoms with E-state index >= 15 is 0 Å². The smallest absolute Gasteiger partial charge is 0.266 e. The van der Waals surface area contributed by atoms with E-state index in [-0.39, 0.29) is 5.56 Å². The van der Waals surface area contributed by atoms with Gasteiger partial charge in [-0.05, 0) is 62.9 Å². The molecule has 1 aliphatic heterocycles. The van der Waals surface area contributed by atoms with Crippen molar-refractivity contribution in [2.75, 3.05) is 19.6 Å². The second-order valence-corrected chi connectivity index (χ2v) is 8.48. The molecule has 0 amide bonds. The van der Waals surface area contributed by atoms with Gasteiger partial charge in [0.05, 0.1) is 11.3 Å². The van der Waals surface area contributed by atoms with Crippen LogP contribution in [-0.4, -0.2) is 50.0 Å². The lowest BCUT2D eigenvalue weighted by Crippen LogP contribution is -2.47. The van der Waals surface area contributed by atoms with E-state index in [2.05, 4.69) is 15.0 Å². The summed E-state index contributed by atoms with van der Waals surface area (Å²) < 4.78 is 1.62. The van der Waals surface area contributed by atoms with Crippen LogP contribution < -0.4 is 5.56 Å². The molecule has 2 aliphatic rings. The Morgan fingerprint density at radius 3 is 2.46 bits per heavy atom.